The van der Waals surface area contributed by atoms with Crippen LogP contribution in [0, 0.1) is 6.92 Å². The maximum Gasteiger partial charge on any atom is 0.339 e. The average Bonchev–Trinajstić information content (AvgIpc) is 2.14. The molecule has 15 heavy (non-hydrogen) atoms. The van der Waals surface area contributed by atoms with Crippen LogP contribution in [0.25, 0.3) is 0 Å². The number of hydrogen-bond donors (Lipinski definition) is 1. The number of carboxylic acids is 1. The van der Waals surface area contributed by atoms with E-state index in [0.717, 1.165) is 6.20 Å². The number of alkyl halides is 2. The highest BCUT2D eigenvalue weighted by atomic mass is 19.3. The molecule has 0 aliphatic rings. The molecule has 1 N–H and O–H groups in total. The van der Waals surface area contributed by atoms with Crippen molar-refractivity contribution in [2.24, 2.45) is 0 Å². The highest BCUT2D eigenvalue weighted by Crippen LogP contribution is 2.09. The topological polar surface area (TPSA) is 72.3 Å². The predicted molar refractivity (Wildman–Crippen MR) is 45.2 cm³/mol. The standard InChI is InChI=1S/C8H8F2N2O3/c1-4-5(7(13)14)2-11-8(12-4)15-3-6(9)10/h2,6H,3H2,1H3,(H,13,14). The van der Waals surface area contributed by atoms with E-state index in [-0.39, 0.29) is 17.3 Å². The van der Waals surface area contributed by atoms with E-state index in [9.17, 15) is 13.6 Å². The van der Waals surface area contributed by atoms with Crippen LogP contribution in [0.3, 0.4) is 0 Å². The fourth-order valence-electron chi connectivity index (χ4n) is 0.863. The molecule has 1 heterocycles. The molecule has 7 heteroatoms. The second kappa shape index (κ2) is 4.63. The summed E-state index contributed by atoms with van der Waals surface area (Å²) >= 11 is 0. The number of carbonyl (C=O) groups is 1. The smallest absolute Gasteiger partial charge is 0.339 e. The van der Waals surface area contributed by atoms with Gasteiger partial charge in [-0.2, -0.15) is 4.98 Å². The first-order valence-corrected chi connectivity index (χ1v) is 3.98. The summed E-state index contributed by atoms with van der Waals surface area (Å²) in [6, 6.07) is -0.252. The van der Waals surface area contributed by atoms with E-state index in [2.05, 4.69) is 14.7 Å². The first-order chi connectivity index (χ1) is 7.00. The van der Waals surface area contributed by atoms with Crippen molar-refractivity contribution in [1.29, 1.82) is 0 Å². The second-order valence-corrected chi connectivity index (χ2v) is 2.66. The van der Waals surface area contributed by atoms with Crippen LogP contribution >= 0.6 is 0 Å². The van der Waals surface area contributed by atoms with Gasteiger partial charge in [-0.1, -0.05) is 0 Å². The Balaban J connectivity index is 2.78. The third-order valence-electron chi connectivity index (χ3n) is 1.53. The lowest BCUT2D eigenvalue weighted by Crippen LogP contribution is -2.11. The van der Waals surface area contributed by atoms with E-state index >= 15 is 0 Å². The van der Waals surface area contributed by atoms with Gasteiger partial charge in [0.15, 0.2) is 6.61 Å². The van der Waals surface area contributed by atoms with Gasteiger partial charge in [0.25, 0.3) is 6.43 Å². The number of halogens is 2. The summed E-state index contributed by atoms with van der Waals surface area (Å²) < 4.78 is 28.0. The molecule has 1 rings (SSSR count). The molecule has 0 amide bonds. The van der Waals surface area contributed by atoms with Gasteiger partial charge in [-0.3, -0.25) is 0 Å². The highest BCUT2D eigenvalue weighted by Gasteiger charge is 2.11. The minimum absolute atomic E-state index is 0.0839. The van der Waals surface area contributed by atoms with Crippen molar-refractivity contribution < 1.29 is 23.4 Å². The molecule has 0 aromatic carbocycles. The van der Waals surface area contributed by atoms with Gasteiger partial charge >= 0.3 is 12.0 Å². The number of nitrogens with zero attached hydrogens (tertiary/aromatic N) is 2. The van der Waals surface area contributed by atoms with E-state index < -0.39 is 19.0 Å². The quantitative estimate of drug-likeness (QED) is 0.819. The summed E-state index contributed by atoms with van der Waals surface area (Å²) in [5, 5.41) is 8.63. The third kappa shape index (κ3) is 3.12. The van der Waals surface area contributed by atoms with Crippen LogP contribution in [0.1, 0.15) is 16.1 Å². The first-order valence-electron chi connectivity index (χ1n) is 3.98. The van der Waals surface area contributed by atoms with E-state index in [1.165, 1.54) is 6.92 Å². The molecule has 0 spiro atoms. The van der Waals surface area contributed by atoms with Crippen LogP contribution in [0.2, 0.25) is 0 Å². The normalized spacial score (nSPS) is 10.4. The average molecular weight is 218 g/mol. The molecule has 0 radical (unpaired) electrons. The summed E-state index contributed by atoms with van der Waals surface area (Å²) in [6.07, 6.45) is -1.60. The Kier molecular flexibility index (Phi) is 3.48. The molecule has 82 valence electrons. The Bertz CT molecular complexity index is 371. The number of aromatic nitrogens is 2. The molecular weight excluding hydrogens is 210 g/mol. The molecule has 0 atom stereocenters. The largest absolute Gasteiger partial charge is 0.478 e. The molecule has 0 fully saturated rings. The van der Waals surface area contributed by atoms with Crippen molar-refractivity contribution in [2.45, 2.75) is 13.3 Å². The molecule has 1 aromatic rings. The lowest BCUT2D eigenvalue weighted by atomic mass is 10.2. The van der Waals surface area contributed by atoms with Crippen molar-refractivity contribution in [2.75, 3.05) is 6.61 Å². The molecule has 0 aliphatic carbocycles. The number of carboxylic acid groups (broad SMARTS) is 1. The van der Waals surface area contributed by atoms with E-state index in [4.69, 9.17) is 5.11 Å². The SMILES string of the molecule is Cc1nc(OCC(F)F)ncc1C(=O)O. The van der Waals surface area contributed by atoms with Gasteiger partial charge in [0.05, 0.1) is 11.3 Å². The molecule has 0 bridgehead atoms. The summed E-state index contributed by atoms with van der Waals surface area (Å²) in [4.78, 5) is 17.7. The summed E-state index contributed by atoms with van der Waals surface area (Å²) in [7, 11) is 0. The molecule has 5 nitrogen and oxygen atoms in total. The van der Waals surface area contributed by atoms with Gasteiger partial charge in [-0.15, -0.1) is 0 Å². The zero-order chi connectivity index (χ0) is 11.4. The van der Waals surface area contributed by atoms with Crippen molar-refractivity contribution in [3.8, 4) is 6.01 Å². The van der Waals surface area contributed by atoms with Gasteiger partial charge in [-0.05, 0) is 6.92 Å². The fraction of sp³-hybridized carbons (Fsp3) is 0.375. The molecule has 1 aromatic heterocycles. The summed E-state index contributed by atoms with van der Waals surface area (Å²) in [5.74, 6) is -1.17. The van der Waals surface area contributed by atoms with Crippen LogP contribution in [0.5, 0.6) is 6.01 Å². The molecule has 0 saturated heterocycles. The first kappa shape index (κ1) is 11.3. The van der Waals surface area contributed by atoms with Gasteiger partial charge in [0.1, 0.15) is 0 Å². The Morgan fingerprint density at radius 3 is 2.80 bits per heavy atom. The molecule has 0 saturated carbocycles. The monoisotopic (exact) mass is 218 g/mol. The van der Waals surface area contributed by atoms with Crippen molar-refractivity contribution in [3.63, 3.8) is 0 Å². The van der Waals surface area contributed by atoms with Crippen LogP contribution in [-0.2, 0) is 0 Å². The molecule has 0 aliphatic heterocycles. The number of aromatic carboxylic acids is 1. The van der Waals surface area contributed by atoms with Crippen LogP contribution < -0.4 is 4.74 Å². The van der Waals surface area contributed by atoms with Gasteiger partial charge in [-0.25, -0.2) is 18.6 Å². The van der Waals surface area contributed by atoms with Crippen molar-refractivity contribution in [1.82, 2.24) is 9.97 Å². The van der Waals surface area contributed by atoms with Gasteiger partial charge in [0.2, 0.25) is 0 Å². The van der Waals surface area contributed by atoms with E-state index in [0.29, 0.717) is 0 Å². The number of aryl methyl sites for hydroxylation is 1. The summed E-state index contributed by atoms with van der Waals surface area (Å²) in [6.45, 7) is 0.617. The van der Waals surface area contributed by atoms with E-state index in [1.807, 2.05) is 0 Å². The Hall–Kier alpha value is -1.79. The zero-order valence-corrected chi connectivity index (χ0v) is 7.78. The maximum absolute atomic E-state index is 11.8. The maximum atomic E-state index is 11.8. The Labute approximate surface area is 83.7 Å². The highest BCUT2D eigenvalue weighted by molar-refractivity contribution is 5.88. The van der Waals surface area contributed by atoms with Crippen molar-refractivity contribution in [3.05, 3.63) is 17.5 Å². The number of ether oxygens (including phenoxy) is 1. The Morgan fingerprint density at radius 1 is 1.67 bits per heavy atom. The van der Waals surface area contributed by atoms with Crippen LogP contribution in [-0.4, -0.2) is 34.1 Å². The zero-order valence-electron chi connectivity index (χ0n) is 7.78. The molecule has 0 unspecified atom stereocenters. The van der Waals surface area contributed by atoms with Gasteiger partial charge in [0, 0.05) is 6.20 Å². The Morgan fingerprint density at radius 2 is 2.33 bits per heavy atom. The van der Waals surface area contributed by atoms with E-state index in [1.54, 1.807) is 0 Å². The fourth-order valence-corrected chi connectivity index (χ4v) is 0.863. The lowest BCUT2D eigenvalue weighted by Gasteiger charge is -2.04. The van der Waals surface area contributed by atoms with Crippen LogP contribution in [0.4, 0.5) is 8.78 Å². The van der Waals surface area contributed by atoms with Crippen molar-refractivity contribution >= 4 is 5.97 Å². The second-order valence-electron chi connectivity index (χ2n) is 2.66. The van der Waals surface area contributed by atoms with Crippen LogP contribution in [0.15, 0.2) is 6.20 Å². The summed E-state index contributed by atoms with van der Waals surface area (Å²) in [5.41, 5.74) is 0.0844. The third-order valence-corrected chi connectivity index (χ3v) is 1.53. The minimum atomic E-state index is -2.62. The lowest BCUT2D eigenvalue weighted by molar-refractivity contribution is 0.0689. The van der Waals surface area contributed by atoms with Gasteiger partial charge < -0.3 is 9.84 Å². The molecular formula is C8H8F2N2O3. The predicted octanol–water partition coefficient (Wildman–Crippen LogP) is 1.13. The minimum Gasteiger partial charge on any atom is -0.478 e. The number of hydrogen-bond acceptors (Lipinski definition) is 4. The number of rotatable bonds is 4.